The summed E-state index contributed by atoms with van der Waals surface area (Å²) in [5, 5.41) is 20.5. The van der Waals surface area contributed by atoms with Crippen molar-refractivity contribution in [3.05, 3.63) is 58.9 Å². The Morgan fingerprint density at radius 2 is 0.758 bits per heavy atom. The van der Waals surface area contributed by atoms with E-state index in [-0.39, 0.29) is 11.4 Å². The molecule has 0 spiro atoms. The molecule has 0 atom stereocenters. The number of unbranched alkanes of at least 4 members (excludes halogenated alkanes) is 18. The van der Waals surface area contributed by atoms with Gasteiger partial charge in [-0.05, 0) is 62.8 Å². The van der Waals surface area contributed by atoms with Crippen LogP contribution in [0.15, 0.2) is 57.8 Å². The van der Waals surface area contributed by atoms with Gasteiger partial charge in [0, 0.05) is 73.2 Å². The molecule has 0 aliphatic rings. The molecule has 0 N–H and O–H groups in total. The number of nitrogens with zero attached hydrogens (tertiary/aromatic N) is 6. The van der Waals surface area contributed by atoms with E-state index in [1.807, 2.05) is 12.1 Å². The van der Waals surface area contributed by atoms with E-state index in [2.05, 4.69) is 97.7 Å². The van der Waals surface area contributed by atoms with Gasteiger partial charge in [0.25, 0.3) is 0 Å². The largest absolute Gasteiger partial charge is 0.493 e. The molecule has 2 rings (SSSR count). The second kappa shape index (κ2) is 36.2. The molecule has 62 heavy (non-hydrogen) atoms. The molecular weight excluding hydrogens is 765 g/mol. The third-order valence-corrected chi connectivity index (χ3v) is 11.3. The molecule has 8 heteroatoms. The van der Waals surface area contributed by atoms with Gasteiger partial charge in [0.2, 0.25) is 0 Å². The molecule has 0 radical (unpaired) electrons. The van der Waals surface area contributed by atoms with E-state index >= 15 is 0 Å². The average molecular weight is 851 g/mol. The highest BCUT2D eigenvalue weighted by molar-refractivity contribution is 5.87. The Balaban J connectivity index is 2.27. The molecule has 344 valence electrons. The molecule has 0 amide bonds. The van der Waals surface area contributed by atoms with Crippen LogP contribution in [-0.4, -0.2) is 51.8 Å². The van der Waals surface area contributed by atoms with Crippen molar-refractivity contribution < 1.29 is 9.47 Å². The lowest BCUT2D eigenvalue weighted by Crippen LogP contribution is -2.24. The number of hydrogen-bond donors (Lipinski definition) is 0. The van der Waals surface area contributed by atoms with Crippen molar-refractivity contribution in [2.45, 2.75) is 196 Å². The summed E-state index contributed by atoms with van der Waals surface area (Å²) < 4.78 is 12.9. The molecule has 0 unspecified atom stereocenters. The van der Waals surface area contributed by atoms with Crippen LogP contribution in [0.2, 0.25) is 0 Å². The summed E-state index contributed by atoms with van der Waals surface area (Å²) in [6, 6.07) is 16.7. The van der Waals surface area contributed by atoms with Crippen LogP contribution < -0.4 is 19.3 Å². The number of hydrogen-bond acceptors (Lipinski definition) is 8. The number of nitriles is 2. The van der Waals surface area contributed by atoms with Crippen molar-refractivity contribution in [1.29, 1.82) is 10.5 Å². The van der Waals surface area contributed by atoms with Crippen molar-refractivity contribution in [2.75, 3.05) is 49.2 Å². The summed E-state index contributed by atoms with van der Waals surface area (Å²) in [4.78, 5) is 13.9. The van der Waals surface area contributed by atoms with Crippen molar-refractivity contribution in [3.8, 4) is 23.6 Å². The smallest absolute Gasteiger partial charge is 0.176 e. The molecule has 2 aromatic rings. The normalized spacial score (nSPS) is 11.8. The maximum atomic E-state index is 10.2. The lowest BCUT2D eigenvalue weighted by atomic mass is 10.1. The molecule has 0 fully saturated rings. The Labute approximate surface area is 379 Å². The monoisotopic (exact) mass is 851 g/mol. The molecule has 0 aliphatic carbocycles. The minimum Gasteiger partial charge on any atom is -0.493 e. The lowest BCUT2D eigenvalue weighted by molar-refractivity contribution is 0.303. The number of allylic oxidation sites excluding steroid dienone is 2. The van der Waals surface area contributed by atoms with E-state index in [1.165, 1.54) is 103 Å². The van der Waals surface area contributed by atoms with Crippen LogP contribution in [0.1, 0.15) is 207 Å². The van der Waals surface area contributed by atoms with Crippen LogP contribution in [0.3, 0.4) is 0 Å². The highest BCUT2D eigenvalue weighted by atomic mass is 16.5. The predicted molar refractivity (Wildman–Crippen MR) is 267 cm³/mol. The molecule has 0 saturated carbocycles. The average Bonchev–Trinajstić information content (AvgIpc) is 3.28. The fraction of sp³-hybridized carbons (Fsp3) is 0.667. The van der Waals surface area contributed by atoms with E-state index in [1.54, 1.807) is 12.4 Å². The first-order valence-electron chi connectivity index (χ1n) is 25.2. The van der Waals surface area contributed by atoms with E-state index < -0.39 is 0 Å². The molecular formula is C54H86N6O2. The van der Waals surface area contributed by atoms with E-state index in [9.17, 15) is 10.5 Å². The summed E-state index contributed by atoms with van der Waals surface area (Å²) in [7, 11) is 0. The van der Waals surface area contributed by atoms with Gasteiger partial charge >= 0.3 is 0 Å². The summed E-state index contributed by atoms with van der Waals surface area (Å²) in [5.41, 5.74) is 3.68. The Kier molecular flexibility index (Phi) is 31.4. The standard InChI is InChI=1S/C54H86N6O2/c1-7-13-15-17-19-21-23-25-27-29-39-61-53-41-49(59(35-9-3)36-10-4)33-31-47(53)45-57-51(43-55)52(44-56)58-46-48-32-34-50(60(37-11-5)38-12-6)42-54(48)62-40-30-28-26-24-22-20-18-16-14-8-2/h31-34,41-42,45-46H,7-30,35-40H2,1-6H3/b52-51+,57-45?,58-46?. The molecule has 2 aromatic carbocycles. The van der Waals surface area contributed by atoms with Crippen molar-refractivity contribution in [2.24, 2.45) is 9.98 Å². The fourth-order valence-electron chi connectivity index (χ4n) is 7.82. The van der Waals surface area contributed by atoms with E-state index in [4.69, 9.17) is 9.47 Å². The van der Waals surface area contributed by atoms with Gasteiger partial charge < -0.3 is 19.3 Å². The maximum Gasteiger partial charge on any atom is 0.176 e. The second-order valence-electron chi connectivity index (χ2n) is 16.9. The Morgan fingerprint density at radius 3 is 1.05 bits per heavy atom. The van der Waals surface area contributed by atoms with Gasteiger partial charge in [-0.25, -0.2) is 9.98 Å². The van der Waals surface area contributed by atoms with Crippen molar-refractivity contribution >= 4 is 23.8 Å². The third-order valence-electron chi connectivity index (χ3n) is 11.3. The number of benzene rings is 2. The zero-order valence-corrected chi connectivity index (χ0v) is 40.3. The van der Waals surface area contributed by atoms with Gasteiger partial charge in [0.05, 0.1) is 13.2 Å². The summed E-state index contributed by atoms with van der Waals surface area (Å²) in [6.07, 6.45) is 32.8. The van der Waals surface area contributed by atoms with Gasteiger partial charge in [0.15, 0.2) is 11.4 Å². The van der Waals surface area contributed by atoms with Crippen LogP contribution in [-0.2, 0) is 0 Å². The van der Waals surface area contributed by atoms with E-state index in [0.717, 1.165) is 112 Å². The Morgan fingerprint density at radius 1 is 0.452 bits per heavy atom. The molecule has 8 nitrogen and oxygen atoms in total. The summed E-state index contributed by atoms with van der Waals surface area (Å²) in [5.74, 6) is 1.48. The molecule has 0 bridgehead atoms. The minimum atomic E-state index is -0.0476. The number of ether oxygens (including phenoxy) is 2. The summed E-state index contributed by atoms with van der Waals surface area (Å²) in [6.45, 7) is 18.4. The number of aliphatic imine (C=N–C) groups is 2. The zero-order chi connectivity index (χ0) is 44.9. The number of anilines is 2. The zero-order valence-electron chi connectivity index (χ0n) is 40.3. The number of rotatable bonds is 38. The van der Waals surface area contributed by atoms with Gasteiger partial charge in [-0.2, -0.15) is 10.5 Å². The highest BCUT2D eigenvalue weighted by Gasteiger charge is 2.13. The van der Waals surface area contributed by atoms with Crippen molar-refractivity contribution in [1.82, 2.24) is 0 Å². The Hall–Kier alpha value is -4.30. The first-order chi connectivity index (χ1) is 30.5. The van der Waals surface area contributed by atoms with Crippen LogP contribution in [0.5, 0.6) is 11.5 Å². The van der Waals surface area contributed by atoms with Crippen LogP contribution >= 0.6 is 0 Å². The quantitative estimate of drug-likeness (QED) is 0.0379. The topological polar surface area (TPSA) is 97.2 Å². The molecule has 0 aliphatic heterocycles. The molecule has 0 aromatic heterocycles. The molecule has 0 saturated heterocycles. The first kappa shape index (κ1) is 53.8. The van der Waals surface area contributed by atoms with Gasteiger partial charge in [-0.15, -0.1) is 0 Å². The SMILES string of the molecule is CCCCCCCCCCCCOc1cc(N(CCC)CCC)ccc1C=N/C(C#N)=C(\C#N)N=Cc1ccc(N(CCC)CCC)cc1OCCCCCCCCCCCC. The predicted octanol–water partition coefficient (Wildman–Crippen LogP) is 15.3. The first-order valence-corrected chi connectivity index (χ1v) is 25.2. The van der Waals surface area contributed by atoms with Crippen LogP contribution in [0.4, 0.5) is 11.4 Å². The lowest BCUT2D eigenvalue weighted by Gasteiger charge is -2.25. The van der Waals surface area contributed by atoms with Crippen LogP contribution in [0.25, 0.3) is 0 Å². The van der Waals surface area contributed by atoms with Crippen molar-refractivity contribution in [3.63, 3.8) is 0 Å². The van der Waals surface area contributed by atoms with Gasteiger partial charge in [-0.1, -0.05) is 157 Å². The van der Waals surface area contributed by atoms with E-state index in [0.29, 0.717) is 13.2 Å². The summed E-state index contributed by atoms with van der Waals surface area (Å²) >= 11 is 0. The van der Waals surface area contributed by atoms with Gasteiger partial charge in [-0.3, -0.25) is 0 Å². The highest BCUT2D eigenvalue weighted by Crippen LogP contribution is 2.28. The fourth-order valence-corrected chi connectivity index (χ4v) is 7.82. The van der Waals surface area contributed by atoms with Gasteiger partial charge in [0.1, 0.15) is 23.6 Å². The van der Waals surface area contributed by atoms with Crippen LogP contribution in [0, 0.1) is 22.7 Å². The molecule has 0 heterocycles. The Bertz CT molecular complexity index is 1500. The third kappa shape index (κ3) is 22.7. The maximum absolute atomic E-state index is 10.2. The second-order valence-corrected chi connectivity index (χ2v) is 16.9. The minimum absolute atomic E-state index is 0.0476.